The number of alkyl halides is 3. The Bertz CT molecular complexity index is 525. The predicted molar refractivity (Wildman–Crippen MR) is 57.4 cm³/mol. The van der Waals surface area contributed by atoms with Gasteiger partial charge in [0.1, 0.15) is 5.82 Å². The molecule has 0 heterocycles. The van der Waals surface area contributed by atoms with Crippen LogP contribution in [0.2, 0.25) is 0 Å². The van der Waals surface area contributed by atoms with Crippen molar-refractivity contribution in [2.75, 3.05) is 5.32 Å². The normalized spacial score (nSPS) is 11.2. The van der Waals surface area contributed by atoms with Crippen molar-refractivity contribution in [1.29, 1.82) is 0 Å². The molecular formula is C11H9F4NO3. The molecule has 0 fully saturated rings. The zero-order valence-corrected chi connectivity index (χ0v) is 9.64. The number of anilines is 1. The Morgan fingerprint density at radius 3 is 2.32 bits per heavy atom. The van der Waals surface area contributed by atoms with Crippen molar-refractivity contribution in [3.8, 4) is 0 Å². The lowest BCUT2D eigenvalue weighted by Gasteiger charge is -2.12. The number of aromatic carboxylic acids is 1. The molecule has 0 aliphatic carbocycles. The molecule has 0 spiro atoms. The van der Waals surface area contributed by atoms with Crippen LogP contribution < -0.4 is 5.32 Å². The maximum atomic E-state index is 13.4. The standard InChI is InChI=1S/C11H9F4NO3/c1-2-5-3-8(16-10(19)11(13,14)15)6(9(17)18)4-7(5)12/h3-4H,2H2,1H3,(H,16,19)(H,17,18). The molecule has 1 amide bonds. The average molecular weight is 279 g/mol. The second-order valence-corrected chi connectivity index (χ2v) is 3.60. The second kappa shape index (κ2) is 5.25. The van der Waals surface area contributed by atoms with Crippen molar-refractivity contribution in [3.63, 3.8) is 0 Å². The quantitative estimate of drug-likeness (QED) is 0.836. The van der Waals surface area contributed by atoms with Gasteiger partial charge in [-0.15, -0.1) is 0 Å². The van der Waals surface area contributed by atoms with Crippen molar-refractivity contribution in [2.24, 2.45) is 0 Å². The molecular weight excluding hydrogens is 270 g/mol. The summed E-state index contributed by atoms with van der Waals surface area (Å²) in [6.45, 7) is 1.54. The fraction of sp³-hybridized carbons (Fsp3) is 0.273. The zero-order valence-electron chi connectivity index (χ0n) is 9.64. The molecule has 0 aliphatic rings. The number of amides is 1. The Balaban J connectivity index is 3.25. The molecule has 0 atom stereocenters. The van der Waals surface area contributed by atoms with Gasteiger partial charge in [-0.1, -0.05) is 6.92 Å². The molecule has 0 aliphatic heterocycles. The number of hydrogen-bond acceptors (Lipinski definition) is 2. The van der Waals surface area contributed by atoms with E-state index in [-0.39, 0.29) is 12.0 Å². The van der Waals surface area contributed by atoms with E-state index < -0.39 is 35.1 Å². The van der Waals surface area contributed by atoms with Crippen molar-refractivity contribution in [1.82, 2.24) is 0 Å². The van der Waals surface area contributed by atoms with Gasteiger partial charge in [-0.25, -0.2) is 9.18 Å². The molecule has 0 unspecified atom stereocenters. The Morgan fingerprint density at radius 1 is 1.32 bits per heavy atom. The minimum Gasteiger partial charge on any atom is -0.478 e. The lowest BCUT2D eigenvalue weighted by atomic mass is 10.1. The Hall–Kier alpha value is -2.12. The first-order valence-corrected chi connectivity index (χ1v) is 5.10. The highest BCUT2D eigenvalue weighted by Gasteiger charge is 2.39. The number of aryl methyl sites for hydroxylation is 1. The maximum Gasteiger partial charge on any atom is 0.471 e. The van der Waals surface area contributed by atoms with Gasteiger partial charge in [0.2, 0.25) is 0 Å². The van der Waals surface area contributed by atoms with E-state index in [4.69, 9.17) is 5.11 Å². The first-order valence-electron chi connectivity index (χ1n) is 5.10. The van der Waals surface area contributed by atoms with E-state index >= 15 is 0 Å². The summed E-state index contributed by atoms with van der Waals surface area (Å²) in [4.78, 5) is 21.6. The SMILES string of the molecule is CCc1cc(NC(=O)C(F)(F)F)c(C(=O)O)cc1F. The van der Waals surface area contributed by atoms with Crippen LogP contribution >= 0.6 is 0 Å². The Labute approximate surface area is 105 Å². The van der Waals surface area contributed by atoms with Gasteiger partial charge < -0.3 is 10.4 Å². The van der Waals surface area contributed by atoms with Gasteiger partial charge >= 0.3 is 18.1 Å². The number of carboxylic acids is 1. The molecule has 19 heavy (non-hydrogen) atoms. The maximum absolute atomic E-state index is 13.4. The molecule has 0 aromatic heterocycles. The minimum absolute atomic E-state index is 0.00229. The topological polar surface area (TPSA) is 66.4 Å². The van der Waals surface area contributed by atoms with Gasteiger partial charge in [-0.05, 0) is 24.1 Å². The third-order valence-electron chi connectivity index (χ3n) is 2.30. The Morgan fingerprint density at radius 2 is 1.89 bits per heavy atom. The van der Waals surface area contributed by atoms with Crippen LogP contribution in [0.25, 0.3) is 0 Å². The number of benzene rings is 1. The van der Waals surface area contributed by atoms with E-state index in [2.05, 4.69) is 0 Å². The van der Waals surface area contributed by atoms with E-state index in [9.17, 15) is 27.2 Å². The lowest BCUT2D eigenvalue weighted by Crippen LogP contribution is -2.30. The second-order valence-electron chi connectivity index (χ2n) is 3.60. The average Bonchev–Trinajstić information content (AvgIpc) is 2.29. The fourth-order valence-corrected chi connectivity index (χ4v) is 1.36. The molecule has 104 valence electrons. The van der Waals surface area contributed by atoms with Crippen molar-refractivity contribution >= 4 is 17.6 Å². The number of rotatable bonds is 3. The van der Waals surface area contributed by atoms with Gasteiger partial charge in [0.25, 0.3) is 0 Å². The first kappa shape index (κ1) is 14.9. The number of carbonyl (C=O) groups is 2. The largest absolute Gasteiger partial charge is 0.478 e. The number of carbonyl (C=O) groups excluding carboxylic acids is 1. The summed E-state index contributed by atoms with van der Waals surface area (Å²) in [5.41, 5.74) is -1.33. The molecule has 8 heteroatoms. The van der Waals surface area contributed by atoms with Gasteiger partial charge in [-0.3, -0.25) is 4.79 Å². The van der Waals surface area contributed by atoms with Crippen LogP contribution in [0.5, 0.6) is 0 Å². The highest BCUT2D eigenvalue weighted by molar-refractivity contribution is 6.02. The summed E-state index contributed by atoms with van der Waals surface area (Å²) in [6.07, 6.45) is -5.02. The summed E-state index contributed by atoms with van der Waals surface area (Å²) in [6, 6.07) is 1.45. The number of nitrogens with one attached hydrogen (secondary N) is 1. The zero-order chi connectivity index (χ0) is 14.8. The third kappa shape index (κ3) is 3.43. The van der Waals surface area contributed by atoms with Gasteiger partial charge in [0.15, 0.2) is 0 Å². The third-order valence-corrected chi connectivity index (χ3v) is 2.30. The molecule has 0 saturated heterocycles. The molecule has 1 rings (SSSR count). The number of hydrogen-bond donors (Lipinski definition) is 2. The monoisotopic (exact) mass is 279 g/mol. The van der Waals surface area contributed by atoms with Crippen LogP contribution in [0, 0.1) is 5.82 Å². The van der Waals surface area contributed by atoms with Crippen LogP contribution in [0.15, 0.2) is 12.1 Å². The number of halogens is 4. The molecule has 0 bridgehead atoms. The highest BCUT2D eigenvalue weighted by atomic mass is 19.4. The number of carboxylic acid groups (broad SMARTS) is 1. The molecule has 4 nitrogen and oxygen atoms in total. The van der Waals surface area contributed by atoms with E-state index in [0.29, 0.717) is 6.07 Å². The van der Waals surface area contributed by atoms with Crippen LogP contribution in [0.3, 0.4) is 0 Å². The van der Waals surface area contributed by atoms with E-state index in [1.165, 1.54) is 12.2 Å². The summed E-state index contributed by atoms with van der Waals surface area (Å²) >= 11 is 0. The summed E-state index contributed by atoms with van der Waals surface area (Å²) in [5, 5.41) is 10.2. The van der Waals surface area contributed by atoms with Gasteiger partial charge in [0.05, 0.1) is 11.3 Å². The van der Waals surface area contributed by atoms with Crippen molar-refractivity contribution in [3.05, 3.63) is 29.1 Å². The molecule has 0 radical (unpaired) electrons. The van der Waals surface area contributed by atoms with Crippen molar-refractivity contribution < 1.29 is 32.3 Å². The molecule has 1 aromatic rings. The van der Waals surface area contributed by atoms with E-state index in [1.807, 2.05) is 0 Å². The predicted octanol–water partition coefficient (Wildman–Crippen LogP) is 2.59. The molecule has 1 aromatic carbocycles. The summed E-state index contributed by atoms with van der Waals surface area (Å²) < 4.78 is 49.7. The van der Waals surface area contributed by atoms with Crippen LogP contribution in [-0.2, 0) is 11.2 Å². The van der Waals surface area contributed by atoms with E-state index in [1.54, 1.807) is 0 Å². The van der Waals surface area contributed by atoms with Gasteiger partial charge in [-0.2, -0.15) is 13.2 Å². The van der Waals surface area contributed by atoms with Crippen LogP contribution in [-0.4, -0.2) is 23.2 Å². The van der Waals surface area contributed by atoms with E-state index in [0.717, 1.165) is 6.07 Å². The smallest absolute Gasteiger partial charge is 0.471 e. The van der Waals surface area contributed by atoms with Crippen LogP contribution in [0.4, 0.5) is 23.2 Å². The Kier molecular flexibility index (Phi) is 4.13. The highest BCUT2D eigenvalue weighted by Crippen LogP contribution is 2.24. The fourth-order valence-electron chi connectivity index (χ4n) is 1.36. The van der Waals surface area contributed by atoms with Gasteiger partial charge in [0, 0.05) is 0 Å². The summed E-state index contributed by atoms with van der Waals surface area (Å²) in [5.74, 6) is -4.81. The minimum atomic E-state index is -5.16. The van der Waals surface area contributed by atoms with Crippen LogP contribution in [0.1, 0.15) is 22.8 Å². The molecule has 2 N–H and O–H groups in total. The first-order chi connectivity index (χ1) is 8.66. The summed E-state index contributed by atoms with van der Waals surface area (Å²) in [7, 11) is 0. The van der Waals surface area contributed by atoms with Crippen molar-refractivity contribution in [2.45, 2.75) is 19.5 Å². The lowest BCUT2D eigenvalue weighted by molar-refractivity contribution is -0.167. The molecule has 0 saturated carbocycles.